The highest BCUT2D eigenvalue weighted by molar-refractivity contribution is 7.92. The summed E-state index contributed by atoms with van der Waals surface area (Å²) in [5, 5.41) is 9.06. The summed E-state index contributed by atoms with van der Waals surface area (Å²) in [6.07, 6.45) is 4.42. The minimum absolute atomic E-state index is 0.0202. The standard InChI is InChI=1S/C19H20FNO4S/c20-15-8-12-18(13-9-15)26(24,25)21(16-4-2-1-3-5-16)17-10-6-14(7-11-17)19(22)23/h6-13,16H,1-5H2,(H,22,23). The van der Waals surface area contributed by atoms with Crippen LogP contribution in [0, 0.1) is 5.82 Å². The maximum Gasteiger partial charge on any atom is 0.335 e. The average Bonchev–Trinajstić information content (AvgIpc) is 2.63. The third-order valence-corrected chi connectivity index (χ3v) is 6.54. The zero-order valence-electron chi connectivity index (χ0n) is 14.1. The number of aromatic carboxylic acids is 1. The van der Waals surface area contributed by atoms with Gasteiger partial charge in [0.1, 0.15) is 5.82 Å². The van der Waals surface area contributed by atoms with Crippen molar-refractivity contribution in [3.05, 3.63) is 59.9 Å². The normalized spacial score (nSPS) is 15.6. The van der Waals surface area contributed by atoms with E-state index < -0.39 is 21.8 Å². The zero-order chi connectivity index (χ0) is 18.7. The van der Waals surface area contributed by atoms with Gasteiger partial charge in [0.05, 0.1) is 16.1 Å². The maximum absolute atomic E-state index is 13.2. The van der Waals surface area contributed by atoms with Crippen LogP contribution in [0.15, 0.2) is 53.4 Å². The second-order valence-corrected chi connectivity index (χ2v) is 8.21. The fourth-order valence-electron chi connectivity index (χ4n) is 3.33. The van der Waals surface area contributed by atoms with Gasteiger partial charge in [-0.2, -0.15) is 0 Å². The summed E-state index contributed by atoms with van der Waals surface area (Å²) in [6.45, 7) is 0. The lowest BCUT2D eigenvalue weighted by Crippen LogP contribution is -2.41. The third kappa shape index (κ3) is 3.72. The molecule has 0 atom stereocenters. The predicted octanol–water partition coefficient (Wildman–Crippen LogP) is 4.05. The summed E-state index contributed by atoms with van der Waals surface area (Å²) < 4.78 is 41.1. The molecule has 1 N–H and O–H groups in total. The van der Waals surface area contributed by atoms with Crippen LogP contribution in [-0.4, -0.2) is 25.5 Å². The molecule has 1 fully saturated rings. The number of sulfonamides is 1. The monoisotopic (exact) mass is 377 g/mol. The van der Waals surface area contributed by atoms with Crippen LogP contribution in [0.1, 0.15) is 42.5 Å². The number of anilines is 1. The second-order valence-electron chi connectivity index (χ2n) is 6.40. The van der Waals surface area contributed by atoms with E-state index in [1.807, 2.05) is 0 Å². The first kappa shape index (κ1) is 18.4. The van der Waals surface area contributed by atoms with Crippen LogP contribution in [-0.2, 0) is 10.0 Å². The maximum atomic E-state index is 13.2. The van der Waals surface area contributed by atoms with Crippen molar-refractivity contribution in [2.24, 2.45) is 0 Å². The Morgan fingerprint density at radius 2 is 1.54 bits per heavy atom. The average molecular weight is 377 g/mol. The van der Waals surface area contributed by atoms with Gasteiger partial charge in [0.25, 0.3) is 10.0 Å². The van der Waals surface area contributed by atoms with Gasteiger partial charge in [-0.15, -0.1) is 0 Å². The highest BCUT2D eigenvalue weighted by Crippen LogP contribution is 2.33. The molecule has 0 aromatic heterocycles. The molecular formula is C19H20FNO4S. The molecule has 2 aromatic carbocycles. The SMILES string of the molecule is O=C(O)c1ccc(N(C2CCCCC2)S(=O)(=O)c2ccc(F)cc2)cc1. The minimum Gasteiger partial charge on any atom is -0.478 e. The van der Waals surface area contributed by atoms with Crippen molar-refractivity contribution in [1.29, 1.82) is 0 Å². The molecule has 0 spiro atoms. The molecule has 3 rings (SSSR count). The van der Waals surface area contributed by atoms with Crippen LogP contribution in [0.25, 0.3) is 0 Å². The van der Waals surface area contributed by atoms with E-state index in [9.17, 15) is 17.6 Å². The van der Waals surface area contributed by atoms with Gasteiger partial charge in [-0.05, 0) is 61.4 Å². The highest BCUT2D eigenvalue weighted by atomic mass is 32.2. The van der Waals surface area contributed by atoms with Crippen molar-refractivity contribution < 1.29 is 22.7 Å². The Morgan fingerprint density at radius 3 is 2.08 bits per heavy atom. The van der Waals surface area contributed by atoms with Crippen LogP contribution in [0.2, 0.25) is 0 Å². The molecule has 0 amide bonds. The molecule has 26 heavy (non-hydrogen) atoms. The first-order chi connectivity index (χ1) is 12.4. The summed E-state index contributed by atoms with van der Waals surface area (Å²) in [6, 6.07) is 10.4. The van der Waals surface area contributed by atoms with Crippen LogP contribution < -0.4 is 4.31 Å². The van der Waals surface area contributed by atoms with Crippen LogP contribution >= 0.6 is 0 Å². The molecule has 0 aliphatic heterocycles. The highest BCUT2D eigenvalue weighted by Gasteiger charge is 2.32. The van der Waals surface area contributed by atoms with E-state index in [0.717, 1.165) is 44.2 Å². The number of halogens is 1. The third-order valence-electron chi connectivity index (χ3n) is 4.65. The summed E-state index contributed by atoms with van der Waals surface area (Å²) in [5.41, 5.74) is 0.516. The number of carboxylic acid groups (broad SMARTS) is 1. The lowest BCUT2D eigenvalue weighted by molar-refractivity contribution is 0.0697. The quantitative estimate of drug-likeness (QED) is 0.853. The summed E-state index contributed by atoms with van der Waals surface area (Å²) in [5.74, 6) is -1.57. The molecule has 7 heteroatoms. The van der Waals surface area contributed by atoms with E-state index >= 15 is 0 Å². The largest absolute Gasteiger partial charge is 0.478 e. The number of rotatable bonds is 5. The van der Waals surface area contributed by atoms with Crippen molar-refractivity contribution in [2.45, 2.75) is 43.0 Å². The van der Waals surface area contributed by atoms with E-state index in [0.29, 0.717) is 5.69 Å². The van der Waals surface area contributed by atoms with E-state index in [1.165, 1.54) is 40.7 Å². The van der Waals surface area contributed by atoms with Crippen molar-refractivity contribution in [1.82, 2.24) is 0 Å². The minimum atomic E-state index is -3.88. The molecule has 0 saturated heterocycles. The Bertz CT molecular complexity index is 873. The Hall–Kier alpha value is -2.41. The molecule has 0 unspecified atom stereocenters. The van der Waals surface area contributed by atoms with Crippen LogP contribution in [0.3, 0.4) is 0 Å². The number of hydrogen-bond acceptors (Lipinski definition) is 3. The molecule has 138 valence electrons. The molecular weight excluding hydrogens is 357 g/mol. The Balaban J connectivity index is 2.05. The smallest absolute Gasteiger partial charge is 0.335 e. The number of nitrogens with zero attached hydrogens (tertiary/aromatic N) is 1. The zero-order valence-corrected chi connectivity index (χ0v) is 15.0. The topological polar surface area (TPSA) is 74.7 Å². The first-order valence-electron chi connectivity index (χ1n) is 8.53. The van der Waals surface area contributed by atoms with Gasteiger partial charge in [-0.3, -0.25) is 4.31 Å². The molecule has 0 bridgehead atoms. The van der Waals surface area contributed by atoms with Gasteiger partial charge in [-0.25, -0.2) is 17.6 Å². The lowest BCUT2D eigenvalue weighted by atomic mass is 9.95. The Morgan fingerprint density at radius 1 is 0.962 bits per heavy atom. The van der Waals surface area contributed by atoms with Crippen LogP contribution in [0.5, 0.6) is 0 Å². The van der Waals surface area contributed by atoms with Gasteiger partial charge in [0, 0.05) is 6.04 Å². The molecule has 0 heterocycles. The molecule has 1 saturated carbocycles. The fourth-order valence-corrected chi connectivity index (χ4v) is 5.04. The van der Waals surface area contributed by atoms with Crippen molar-refractivity contribution >= 4 is 21.7 Å². The molecule has 0 radical (unpaired) electrons. The van der Waals surface area contributed by atoms with E-state index in [1.54, 1.807) is 0 Å². The summed E-state index contributed by atoms with van der Waals surface area (Å²) in [4.78, 5) is 11.1. The molecule has 1 aliphatic rings. The summed E-state index contributed by atoms with van der Waals surface area (Å²) >= 11 is 0. The fraction of sp³-hybridized carbons (Fsp3) is 0.316. The number of carbonyl (C=O) groups is 1. The van der Waals surface area contributed by atoms with Crippen LogP contribution in [0.4, 0.5) is 10.1 Å². The van der Waals surface area contributed by atoms with Gasteiger partial charge < -0.3 is 5.11 Å². The van der Waals surface area contributed by atoms with E-state index in [2.05, 4.69) is 0 Å². The molecule has 1 aliphatic carbocycles. The van der Waals surface area contributed by atoms with Gasteiger partial charge >= 0.3 is 5.97 Å². The summed E-state index contributed by atoms with van der Waals surface area (Å²) in [7, 11) is -3.88. The lowest BCUT2D eigenvalue weighted by Gasteiger charge is -2.35. The van der Waals surface area contributed by atoms with Gasteiger partial charge in [-0.1, -0.05) is 19.3 Å². The van der Waals surface area contributed by atoms with E-state index in [-0.39, 0.29) is 16.5 Å². The predicted molar refractivity (Wildman–Crippen MR) is 96.3 cm³/mol. The number of hydrogen-bond donors (Lipinski definition) is 1. The van der Waals surface area contributed by atoms with Crippen molar-refractivity contribution in [3.8, 4) is 0 Å². The molecule has 2 aromatic rings. The molecule has 5 nitrogen and oxygen atoms in total. The Kier molecular flexibility index (Phi) is 5.27. The van der Waals surface area contributed by atoms with Crippen molar-refractivity contribution in [2.75, 3.05) is 4.31 Å². The number of carboxylic acids is 1. The second kappa shape index (κ2) is 7.45. The number of benzene rings is 2. The first-order valence-corrected chi connectivity index (χ1v) is 9.97. The Labute approximate surface area is 152 Å². The van der Waals surface area contributed by atoms with Gasteiger partial charge in [0.2, 0.25) is 0 Å². The van der Waals surface area contributed by atoms with Crippen molar-refractivity contribution in [3.63, 3.8) is 0 Å². The van der Waals surface area contributed by atoms with E-state index in [4.69, 9.17) is 5.11 Å². The van der Waals surface area contributed by atoms with Gasteiger partial charge in [0.15, 0.2) is 0 Å².